The van der Waals surface area contributed by atoms with Crippen molar-refractivity contribution in [1.29, 1.82) is 0 Å². The van der Waals surface area contributed by atoms with Gasteiger partial charge in [-0.05, 0) is 66.2 Å². The molecule has 1 saturated carbocycles. The molecule has 2 amide bonds. The number of halogens is 1. The Kier molecular flexibility index (Phi) is 6.25. The molecule has 0 spiro atoms. The highest BCUT2D eigenvalue weighted by molar-refractivity contribution is 9.10. The van der Waals surface area contributed by atoms with Gasteiger partial charge in [0.2, 0.25) is 11.8 Å². The number of ketones is 1. The van der Waals surface area contributed by atoms with Crippen LogP contribution in [0.4, 0.5) is 5.82 Å². The predicted molar refractivity (Wildman–Crippen MR) is 150 cm³/mol. The van der Waals surface area contributed by atoms with E-state index in [1.54, 1.807) is 48.5 Å². The summed E-state index contributed by atoms with van der Waals surface area (Å²) in [6.45, 7) is 7.05. The van der Waals surface area contributed by atoms with Gasteiger partial charge in [0.05, 0.1) is 16.9 Å². The fraction of sp³-hybridized carbons (Fsp3) is 0.357. The van der Waals surface area contributed by atoms with Crippen LogP contribution in [0.1, 0.15) is 48.7 Å². The summed E-state index contributed by atoms with van der Waals surface area (Å²) in [5.41, 5.74) is 2.72. The molecular weight excluding hydrogens is 576 g/mol. The molecule has 12 heteroatoms. The van der Waals surface area contributed by atoms with Crippen LogP contribution < -0.4 is 5.32 Å². The van der Waals surface area contributed by atoms with Crippen molar-refractivity contribution in [2.75, 3.05) is 5.32 Å². The van der Waals surface area contributed by atoms with E-state index in [1.807, 2.05) is 6.92 Å². The predicted octanol–water partition coefficient (Wildman–Crippen LogP) is 3.88. The first-order valence-electron chi connectivity index (χ1n) is 13.0. The number of fused-ring (bicyclic) bond motifs is 2. The summed E-state index contributed by atoms with van der Waals surface area (Å²) in [6.07, 6.45) is 4.79. The lowest BCUT2D eigenvalue weighted by molar-refractivity contribution is -0.138. The van der Waals surface area contributed by atoms with Gasteiger partial charge < -0.3 is 10.2 Å². The third-order valence-corrected chi connectivity index (χ3v) is 8.23. The molecule has 2 fully saturated rings. The van der Waals surface area contributed by atoms with Crippen LogP contribution >= 0.6 is 15.9 Å². The molecular formula is C28H27BrN8O3. The number of nitrogens with zero attached hydrogens (tertiary/aromatic N) is 7. The van der Waals surface area contributed by atoms with Gasteiger partial charge in [-0.3, -0.25) is 24.0 Å². The van der Waals surface area contributed by atoms with Crippen LogP contribution in [0.3, 0.4) is 0 Å². The largest absolute Gasteiger partial charge is 0.325 e. The quantitative estimate of drug-likeness (QED) is 0.259. The fourth-order valence-corrected chi connectivity index (χ4v) is 6.05. The zero-order valence-corrected chi connectivity index (χ0v) is 24.1. The average Bonchev–Trinajstić information content (AvgIpc) is 3.25. The lowest BCUT2D eigenvalue weighted by Crippen LogP contribution is -2.46. The molecule has 4 aromatic heterocycles. The van der Waals surface area contributed by atoms with Crippen LogP contribution in [0.15, 0.2) is 41.3 Å². The minimum atomic E-state index is -0.626. The Morgan fingerprint density at radius 1 is 1.12 bits per heavy atom. The summed E-state index contributed by atoms with van der Waals surface area (Å²) < 4.78 is 2.14. The molecule has 4 aromatic rings. The van der Waals surface area contributed by atoms with Gasteiger partial charge in [-0.25, -0.2) is 15.0 Å². The third-order valence-electron chi connectivity index (χ3n) is 7.79. The maximum atomic E-state index is 13.8. The lowest BCUT2D eigenvalue weighted by atomic mass is 10.0. The summed E-state index contributed by atoms with van der Waals surface area (Å²) in [5, 5.41) is 8.01. The number of aromatic nitrogens is 6. The summed E-state index contributed by atoms with van der Waals surface area (Å²) in [4.78, 5) is 58.9. The van der Waals surface area contributed by atoms with Gasteiger partial charge in [-0.2, -0.15) is 5.10 Å². The van der Waals surface area contributed by atoms with Crippen molar-refractivity contribution in [1.82, 2.24) is 34.6 Å². The molecule has 6 rings (SSSR count). The van der Waals surface area contributed by atoms with E-state index in [1.165, 1.54) is 11.6 Å². The van der Waals surface area contributed by atoms with E-state index in [0.29, 0.717) is 50.5 Å². The first kappa shape index (κ1) is 26.2. The second-order valence-corrected chi connectivity index (χ2v) is 11.6. The van der Waals surface area contributed by atoms with Crippen LogP contribution in [0, 0.1) is 19.3 Å². The van der Waals surface area contributed by atoms with Crippen LogP contribution in [0.25, 0.3) is 22.2 Å². The van der Waals surface area contributed by atoms with Crippen LogP contribution in [-0.4, -0.2) is 64.3 Å². The number of Topliss-reactive ketones (excluding diaryl/α,β-unsaturated/α-hetero) is 1. The first-order valence-corrected chi connectivity index (χ1v) is 13.8. The molecule has 1 unspecified atom stereocenters. The first-order chi connectivity index (χ1) is 19.0. The molecule has 0 bridgehead atoms. The Balaban J connectivity index is 1.32. The smallest absolute Gasteiger partial charge is 0.248 e. The highest BCUT2D eigenvalue weighted by Gasteiger charge is 2.64. The molecule has 0 radical (unpaired) electrons. The number of rotatable bonds is 6. The SMILES string of the molecule is CC(=O)c1nn(CC(=O)N2C3C[C@]3(C)C[C@H]2C(=O)Nc2cccc(Br)n2)c2c(C)nc(-c3cnc(C)nc3)cc12. The lowest BCUT2D eigenvalue weighted by Gasteiger charge is -2.27. The maximum absolute atomic E-state index is 13.8. The number of carbonyl (C=O) groups is 3. The number of amides is 2. The van der Waals surface area contributed by atoms with Gasteiger partial charge in [0.25, 0.3) is 0 Å². The highest BCUT2D eigenvalue weighted by atomic mass is 79.9. The third kappa shape index (κ3) is 4.55. The van der Waals surface area contributed by atoms with Crippen LogP contribution in [-0.2, 0) is 16.1 Å². The molecule has 3 atom stereocenters. The Labute approximate surface area is 238 Å². The van der Waals surface area contributed by atoms with Crippen molar-refractivity contribution in [3.05, 3.63) is 58.5 Å². The Morgan fingerprint density at radius 2 is 1.88 bits per heavy atom. The molecule has 11 nitrogen and oxygen atoms in total. The number of aryl methyl sites for hydroxylation is 2. The van der Waals surface area contributed by atoms with Crippen molar-refractivity contribution in [3.8, 4) is 11.3 Å². The van der Waals surface area contributed by atoms with Crippen molar-refractivity contribution >= 4 is 50.2 Å². The standard InChI is InChI=1S/C28H27BrN8O3/c1-14-26-18(8-19(32-14)17-11-30-16(3)31-12-17)25(15(2)38)35-36(26)13-24(39)37-20(9-28(4)10-21(28)37)27(40)34-23-7-5-6-22(29)33-23/h5-8,11-12,20-21H,9-10,13H2,1-4H3,(H,33,34,40)/t20-,21?,28-/m0/s1. The van der Waals surface area contributed by atoms with E-state index in [0.717, 1.165) is 6.42 Å². The number of anilines is 1. The molecule has 0 aromatic carbocycles. The molecule has 5 heterocycles. The number of pyridine rings is 2. The summed E-state index contributed by atoms with van der Waals surface area (Å²) in [5.74, 6) is 0.333. The van der Waals surface area contributed by atoms with E-state index in [2.05, 4.69) is 48.2 Å². The van der Waals surface area contributed by atoms with E-state index in [-0.39, 0.29) is 41.3 Å². The van der Waals surface area contributed by atoms with Crippen molar-refractivity contribution in [3.63, 3.8) is 0 Å². The van der Waals surface area contributed by atoms with Gasteiger partial charge in [0.15, 0.2) is 5.78 Å². The normalized spacial score (nSPS) is 21.4. The van der Waals surface area contributed by atoms with Gasteiger partial charge in [0, 0.05) is 36.3 Å². The number of piperidine rings is 1. The van der Waals surface area contributed by atoms with E-state index in [4.69, 9.17) is 4.98 Å². The summed E-state index contributed by atoms with van der Waals surface area (Å²) >= 11 is 3.32. The summed E-state index contributed by atoms with van der Waals surface area (Å²) in [6, 6.07) is 6.40. The van der Waals surface area contributed by atoms with E-state index >= 15 is 0 Å². The zero-order chi connectivity index (χ0) is 28.3. The molecule has 2 aliphatic rings. The second kappa shape index (κ2) is 9.54. The fourth-order valence-electron chi connectivity index (χ4n) is 5.70. The maximum Gasteiger partial charge on any atom is 0.248 e. The number of carbonyl (C=O) groups excluding carboxylic acids is 3. The number of hydrogen-bond acceptors (Lipinski definition) is 8. The Bertz CT molecular complexity index is 1700. The van der Waals surface area contributed by atoms with E-state index in [9.17, 15) is 14.4 Å². The monoisotopic (exact) mass is 602 g/mol. The molecule has 1 aliphatic heterocycles. The van der Waals surface area contributed by atoms with Crippen molar-refractivity contribution in [2.24, 2.45) is 5.41 Å². The zero-order valence-electron chi connectivity index (χ0n) is 22.5. The minimum absolute atomic E-state index is 0.0207. The highest BCUT2D eigenvalue weighted by Crippen LogP contribution is 2.59. The Morgan fingerprint density at radius 3 is 2.58 bits per heavy atom. The molecule has 40 heavy (non-hydrogen) atoms. The van der Waals surface area contributed by atoms with Gasteiger partial charge in [0.1, 0.15) is 34.5 Å². The Hall–Kier alpha value is -4.06. The van der Waals surface area contributed by atoms with Crippen LogP contribution in [0.2, 0.25) is 0 Å². The van der Waals surface area contributed by atoms with Gasteiger partial charge >= 0.3 is 0 Å². The van der Waals surface area contributed by atoms with Crippen molar-refractivity contribution in [2.45, 2.75) is 59.2 Å². The minimum Gasteiger partial charge on any atom is -0.325 e. The molecule has 1 N–H and O–H groups in total. The molecule has 1 aliphatic carbocycles. The molecule has 1 saturated heterocycles. The van der Waals surface area contributed by atoms with E-state index < -0.39 is 6.04 Å². The summed E-state index contributed by atoms with van der Waals surface area (Å²) in [7, 11) is 0. The van der Waals surface area contributed by atoms with Gasteiger partial charge in [-0.15, -0.1) is 0 Å². The van der Waals surface area contributed by atoms with Gasteiger partial charge in [-0.1, -0.05) is 13.0 Å². The van der Waals surface area contributed by atoms with Crippen LogP contribution in [0.5, 0.6) is 0 Å². The number of nitrogens with one attached hydrogen (secondary N) is 1. The number of hydrogen-bond donors (Lipinski definition) is 1. The average molecular weight is 603 g/mol. The topological polar surface area (TPSA) is 136 Å². The van der Waals surface area contributed by atoms with Crippen molar-refractivity contribution < 1.29 is 14.4 Å². The second-order valence-electron chi connectivity index (χ2n) is 10.8. The number of likely N-dealkylation sites (tertiary alicyclic amines) is 1. The molecule has 204 valence electrons.